The second-order valence-electron chi connectivity index (χ2n) is 5.16. The number of benzene rings is 2. The molecule has 2 aromatic carbocycles. The quantitative estimate of drug-likeness (QED) is 0.641. The lowest BCUT2D eigenvalue weighted by Gasteiger charge is -2.23. The number of amides is 1. The van der Waals surface area contributed by atoms with Gasteiger partial charge in [-0.2, -0.15) is 13.2 Å². The van der Waals surface area contributed by atoms with Crippen LogP contribution in [0.5, 0.6) is 5.75 Å². The predicted molar refractivity (Wildman–Crippen MR) is 89.4 cm³/mol. The molecule has 0 aromatic heterocycles. The fourth-order valence-electron chi connectivity index (χ4n) is 2.28. The average molecular weight is 420 g/mol. The average Bonchev–Trinajstić information content (AvgIpc) is 2.59. The number of halogens is 5. The van der Waals surface area contributed by atoms with Crippen LogP contribution < -0.4 is 9.64 Å². The van der Waals surface area contributed by atoms with Gasteiger partial charge in [-0.05, 0) is 40.2 Å². The largest absolute Gasteiger partial charge is 0.497 e. The van der Waals surface area contributed by atoms with Crippen LogP contribution in [0, 0.1) is 0 Å². The molecule has 3 nitrogen and oxygen atoms in total. The van der Waals surface area contributed by atoms with Gasteiger partial charge in [0.05, 0.1) is 18.4 Å². The van der Waals surface area contributed by atoms with Gasteiger partial charge in [-0.15, -0.1) is 0 Å². The molecule has 134 valence electrons. The molecule has 2 rings (SSSR count). The number of hydrogen-bond donors (Lipinski definition) is 0. The monoisotopic (exact) mass is 419 g/mol. The maximum absolute atomic E-state index is 14.6. The molecule has 0 radical (unpaired) electrons. The van der Waals surface area contributed by atoms with Gasteiger partial charge in [0.25, 0.3) is 5.91 Å². The Balaban J connectivity index is 2.35. The Morgan fingerprint density at radius 2 is 1.84 bits per heavy atom. The Labute approximate surface area is 150 Å². The maximum Gasteiger partial charge on any atom is 0.416 e. The summed E-state index contributed by atoms with van der Waals surface area (Å²) in [6.07, 6.45) is -7.20. The van der Waals surface area contributed by atoms with E-state index in [1.807, 2.05) is 0 Å². The van der Waals surface area contributed by atoms with Crippen LogP contribution in [0.2, 0.25) is 0 Å². The number of alkyl halides is 4. The third-order valence-corrected chi connectivity index (χ3v) is 4.24. The van der Waals surface area contributed by atoms with Crippen molar-refractivity contribution in [2.24, 2.45) is 0 Å². The van der Waals surface area contributed by atoms with Crippen molar-refractivity contribution in [1.82, 2.24) is 0 Å². The van der Waals surface area contributed by atoms with Crippen molar-refractivity contribution in [2.45, 2.75) is 12.3 Å². The van der Waals surface area contributed by atoms with Gasteiger partial charge in [-0.25, -0.2) is 4.39 Å². The first-order valence-corrected chi connectivity index (χ1v) is 7.87. The van der Waals surface area contributed by atoms with Gasteiger partial charge in [0.15, 0.2) is 0 Å². The highest BCUT2D eigenvalue weighted by atomic mass is 79.9. The molecule has 1 unspecified atom stereocenters. The summed E-state index contributed by atoms with van der Waals surface area (Å²) in [5.74, 6) is -0.599. The highest BCUT2D eigenvalue weighted by molar-refractivity contribution is 9.10. The van der Waals surface area contributed by atoms with Crippen LogP contribution in [-0.2, 0) is 11.0 Å². The number of likely N-dealkylation sites (N-methyl/N-ethyl adjacent to an activating group) is 1. The van der Waals surface area contributed by atoms with Gasteiger partial charge in [0, 0.05) is 17.1 Å². The van der Waals surface area contributed by atoms with Gasteiger partial charge in [0.1, 0.15) is 5.75 Å². The van der Waals surface area contributed by atoms with Crippen LogP contribution >= 0.6 is 15.9 Å². The van der Waals surface area contributed by atoms with Crippen LogP contribution in [0.1, 0.15) is 17.3 Å². The molecule has 0 saturated carbocycles. The lowest BCUT2D eigenvalue weighted by atomic mass is 10.0. The van der Waals surface area contributed by atoms with Crippen molar-refractivity contribution < 1.29 is 27.1 Å². The molecule has 1 atom stereocenters. The van der Waals surface area contributed by atoms with Gasteiger partial charge in [0.2, 0.25) is 6.17 Å². The first kappa shape index (κ1) is 19.2. The topological polar surface area (TPSA) is 29.5 Å². The van der Waals surface area contributed by atoms with Crippen molar-refractivity contribution in [3.63, 3.8) is 0 Å². The minimum Gasteiger partial charge on any atom is -0.497 e. The molecular formula is C17H14BrF4NO2. The number of carbonyl (C=O) groups is 1. The van der Waals surface area contributed by atoms with E-state index in [-0.39, 0.29) is 0 Å². The summed E-state index contributed by atoms with van der Waals surface area (Å²) in [6, 6.07) is 8.74. The van der Waals surface area contributed by atoms with Crippen LogP contribution in [0.4, 0.5) is 23.2 Å². The highest BCUT2D eigenvalue weighted by Crippen LogP contribution is 2.37. The van der Waals surface area contributed by atoms with E-state index in [9.17, 15) is 22.4 Å². The van der Waals surface area contributed by atoms with E-state index in [0.717, 1.165) is 23.1 Å². The molecule has 0 N–H and O–H groups in total. The van der Waals surface area contributed by atoms with E-state index in [1.165, 1.54) is 26.3 Å². The summed E-state index contributed by atoms with van der Waals surface area (Å²) < 4.78 is 59.2. The van der Waals surface area contributed by atoms with E-state index >= 15 is 0 Å². The van der Waals surface area contributed by atoms with Gasteiger partial charge in [-0.1, -0.05) is 18.2 Å². The van der Waals surface area contributed by atoms with E-state index in [1.54, 1.807) is 12.1 Å². The molecule has 0 aliphatic rings. The fourth-order valence-corrected chi connectivity index (χ4v) is 2.91. The van der Waals surface area contributed by atoms with Crippen LogP contribution in [0.3, 0.4) is 0 Å². The Bertz CT molecular complexity index is 779. The molecule has 0 saturated heterocycles. The van der Waals surface area contributed by atoms with Crippen LogP contribution in [-0.4, -0.2) is 20.1 Å². The van der Waals surface area contributed by atoms with Crippen LogP contribution in [0.25, 0.3) is 0 Å². The SMILES string of the molecule is COc1ccc(N(C)C(=O)C(F)c2ccccc2C(F)(F)F)c(Br)c1. The number of methoxy groups -OCH3 is 1. The van der Waals surface area contributed by atoms with E-state index < -0.39 is 29.4 Å². The van der Waals surface area contributed by atoms with Crippen molar-refractivity contribution in [3.05, 3.63) is 58.1 Å². The molecule has 8 heteroatoms. The minimum atomic E-state index is -4.75. The summed E-state index contributed by atoms with van der Waals surface area (Å²) in [4.78, 5) is 13.3. The Hall–Kier alpha value is -2.09. The summed E-state index contributed by atoms with van der Waals surface area (Å²) in [7, 11) is 2.75. The molecule has 0 spiro atoms. The van der Waals surface area contributed by atoms with E-state index in [2.05, 4.69) is 15.9 Å². The molecule has 1 amide bonds. The molecule has 0 fully saturated rings. The number of nitrogens with zero attached hydrogens (tertiary/aromatic N) is 1. The second kappa shape index (κ2) is 7.43. The molecule has 0 bridgehead atoms. The third kappa shape index (κ3) is 4.12. The Morgan fingerprint density at radius 1 is 1.20 bits per heavy atom. The van der Waals surface area contributed by atoms with Crippen LogP contribution in [0.15, 0.2) is 46.9 Å². The Kier molecular flexibility index (Phi) is 5.72. The summed E-state index contributed by atoms with van der Waals surface area (Å²) >= 11 is 3.23. The second-order valence-corrected chi connectivity index (χ2v) is 6.02. The third-order valence-electron chi connectivity index (χ3n) is 3.60. The first-order valence-electron chi connectivity index (χ1n) is 7.08. The number of ether oxygens (including phenoxy) is 1. The lowest BCUT2D eigenvalue weighted by Crippen LogP contribution is -2.31. The standard InChI is InChI=1S/C17H14BrF4NO2/c1-23(14-8-7-10(25-2)9-13(14)18)16(24)15(19)11-5-3-4-6-12(11)17(20,21)22/h3-9,15H,1-2H3. The number of anilines is 1. The predicted octanol–water partition coefficient (Wildman–Crippen LogP) is 5.15. The van der Waals surface area contributed by atoms with Crippen molar-refractivity contribution in [1.29, 1.82) is 0 Å². The molecular weight excluding hydrogens is 406 g/mol. The van der Waals surface area contributed by atoms with E-state index in [4.69, 9.17) is 4.74 Å². The molecule has 25 heavy (non-hydrogen) atoms. The smallest absolute Gasteiger partial charge is 0.416 e. The zero-order valence-corrected chi connectivity index (χ0v) is 14.9. The van der Waals surface area contributed by atoms with Gasteiger partial charge < -0.3 is 9.64 Å². The van der Waals surface area contributed by atoms with Gasteiger partial charge >= 0.3 is 6.18 Å². The molecule has 2 aromatic rings. The van der Waals surface area contributed by atoms with Crippen molar-refractivity contribution in [2.75, 3.05) is 19.1 Å². The zero-order valence-electron chi connectivity index (χ0n) is 13.3. The van der Waals surface area contributed by atoms with Crippen molar-refractivity contribution >= 4 is 27.5 Å². The van der Waals surface area contributed by atoms with Crippen molar-refractivity contribution in [3.8, 4) is 5.75 Å². The van der Waals surface area contributed by atoms with Gasteiger partial charge in [-0.3, -0.25) is 4.79 Å². The van der Waals surface area contributed by atoms with E-state index in [0.29, 0.717) is 15.9 Å². The number of carbonyl (C=O) groups excluding carboxylic acids is 1. The number of rotatable bonds is 4. The first-order chi connectivity index (χ1) is 11.7. The molecule has 0 aliphatic heterocycles. The molecule has 0 aliphatic carbocycles. The summed E-state index contributed by atoms with van der Waals surface area (Å²) in [5.41, 5.74) is -1.58. The molecule has 0 heterocycles. The summed E-state index contributed by atoms with van der Waals surface area (Å²) in [6.45, 7) is 0. The highest BCUT2D eigenvalue weighted by Gasteiger charge is 2.37. The summed E-state index contributed by atoms with van der Waals surface area (Å²) in [5, 5.41) is 0. The lowest BCUT2D eigenvalue weighted by molar-refractivity contribution is -0.139. The Morgan fingerprint density at radius 3 is 2.40 bits per heavy atom. The maximum atomic E-state index is 14.6. The fraction of sp³-hybridized carbons (Fsp3) is 0.235. The normalized spacial score (nSPS) is 12.6. The number of hydrogen-bond acceptors (Lipinski definition) is 2. The zero-order chi connectivity index (χ0) is 18.8. The minimum absolute atomic E-state index is 0.304.